The number of nitrogens with two attached hydrogens (primary N) is 1. The molecular formula is C13H16F3NO3. The maximum absolute atomic E-state index is 12.2. The zero-order valence-electron chi connectivity index (χ0n) is 11.1. The van der Waals surface area contributed by atoms with Crippen LogP contribution in [-0.4, -0.2) is 17.4 Å². The molecule has 1 aromatic rings. The SMILES string of the molecule is CCC(C)C(C(=O)O)c1cccc(OC(F)(F)F)c1N. The molecule has 20 heavy (non-hydrogen) atoms. The van der Waals surface area contributed by atoms with Crippen LogP contribution in [0.25, 0.3) is 0 Å². The third-order valence-corrected chi connectivity index (χ3v) is 3.14. The highest BCUT2D eigenvalue weighted by Crippen LogP contribution is 2.37. The molecule has 0 bridgehead atoms. The van der Waals surface area contributed by atoms with Crippen molar-refractivity contribution in [2.45, 2.75) is 32.5 Å². The van der Waals surface area contributed by atoms with Crippen LogP contribution in [0.15, 0.2) is 18.2 Å². The van der Waals surface area contributed by atoms with Crippen molar-refractivity contribution in [1.29, 1.82) is 0 Å². The van der Waals surface area contributed by atoms with Gasteiger partial charge in [-0.25, -0.2) is 0 Å². The van der Waals surface area contributed by atoms with Gasteiger partial charge in [0.15, 0.2) is 5.75 Å². The number of hydrogen-bond donors (Lipinski definition) is 2. The summed E-state index contributed by atoms with van der Waals surface area (Å²) in [5, 5.41) is 9.26. The van der Waals surface area contributed by atoms with E-state index in [-0.39, 0.29) is 17.2 Å². The minimum atomic E-state index is -4.87. The predicted octanol–water partition coefficient (Wildman–Crippen LogP) is 3.38. The van der Waals surface area contributed by atoms with E-state index in [1.165, 1.54) is 12.1 Å². The van der Waals surface area contributed by atoms with Crippen molar-refractivity contribution < 1.29 is 27.8 Å². The Hall–Kier alpha value is -1.92. The molecule has 0 amide bonds. The summed E-state index contributed by atoms with van der Waals surface area (Å²) >= 11 is 0. The Balaban J connectivity index is 3.24. The fourth-order valence-electron chi connectivity index (χ4n) is 1.96. The van der Waals surface area contributed by atoms with Crippen LogP contribution in [0, 0.1) is 5.92 Å². The van der Waals surface area contributed by atoms with Gasteiger partial charge in [-0.1, -0.05) is 32.4 Å². The Labute approximate surface area is 114 Å². The van der Waals surface area contributed by atoms with Crippen molar-refractivity contribution in [3.05, 3.63) is 23.8 Å². The predicted molar refractivity (Wildman–Crippen MR) is 67.4 cm³/mol. The summed E-state index contributed by atoms with van der Waals surface area (Å²) < 4.78 is 40.5. The molecule has 0 aromatic heterocycles. The van der Waals surface area contributed by atoms with E-state index in [1.807, 2.05) is 0 Å². The number of ether oxygens (including phenoxy) is 1. The van der Waals surface area contributed by atoms with Gasteiger partial charge in [-0.15, -0.1) is 13.2 Å². The van der Waals surface area contributed by atoms with Crippen LogP contribution in [0.3, 0.4) is 0 Å². The molecule has 2 atom stereocenters. The Morgan fingerprint density at radius 3 is 2.50 bits per heavy atom. The summed E-state index contributed by atoms with van der Waals surface area (Å²) in [6, 6.07) is 3.76. The molecule has 0 heterocycles. The van der Waals surface area contributed by atoms with E-state index in [2.05, 4.69) is 4.74 Å². The van der Waals surface area contributed by atoms with Crippen molar-refractivity contribution in [2.24, 2.45) is 5.92 Å². The van der Waals surface area contributed by atoms with E-state index in [9.17, 15) is 23.1 Å². The maximum Gasteiger partial charge on any atom is 0.573 e. The number of para-hydroxylation sites is 1. The second-order valence-electron chi connectivity index (χ2n) is 4.51. The summed E-state index contributed by atoms with van der Waals surface area (Å²) in [4.78, 5) is 11.3. The smallest absolute Gasteiger partial charge is 0.481 e. The van der Waals surface area contributed by atoms with Crippen LogP contribution in [0.2, 0.25) is 0 Å². The fourth-order valence-corrected chi connectivity index (χ4v) is 1.96. The van der Waals surface area contributed by atoms with Gasteiger partial charge in [0.2, 0.25) is 0 Å². The number of carbonyl (C=O) groups is 1. The molecule has 2 unspecified atom stereocenters. The average molecular weight is 291 g/mol. The van der Waals surface area contributed by atoms with Crippen LogP contribution in [0.1, 0.15) is 31.7 Å². The number of anilines is 1. The third-order valence-electron chi connectivity index (χ3n) is 3.14. The topological polar surface area (TPSA) is 72.5 Å². The van der Waals surface area contributed by atoms with Gasteiger partial charge >= 0.3 is 12.3 Å². The van der Waals surface area contributed by atoms with E-state index >= 15 is 0 Å². The third kappa shape index (κ3) is 3.79. The summed E-state index contributed by atoms with van der Waals surface area (Å²) in [7, 11) is 0. The van der Waals surface area contributed by atoms with E-state index in [1.54, 1.807) is 13.8 Å². The number of benzene rings is 1. The zero-order valence-corrected chi connectivity index (χ0v) is 11.1. The molecule has 112 valence electrons. The van der Waals surface area contributed by atoms with Gasteiger partial charge in [-0.05, 0) is 17.5 Å². The Morgan fingerprint density at radius 1 is 1.45 bits per heavy atom. The molecule has 0 aliphatic heterocycles. The molecular weight excluding hydrogens is 275 g/mol. The van der Waals surface area contributed by atoms with E-state index in [0.29, 0.717) is 6.42 Å². The minimum absolute atomic E-state index is 0.133. The summed E-state index contributed by atoms with van der Waals surface area (Å²) in [6.45, 7) is 3.50. The van der Waals surface area contributed by atoms with Crippen molar-refractivity contribution in [3.63, 3.8) is 0 Å². The van der Waals surface area contributed by atoms with Crippen LogP contribution in [-0.2, 0) is 4.79 Å². The second kappa shape index (κ2) is 6.02. The Kier molecular flexibility index (Phi) is 4.86. The van der Waals surface area contributed by atoms with Gasteiger partial charge in [0.05, 0.1) is 11.6 Å². The number of aliphatic carboxylic acids is 1. The van der Waals surface area contributed by atoms with Gasteiger partial charge < -0.3 is 15.6 Å². The molecule has 0 aliphatic carbocycles. The lowest BCUT2D eigenvalue weighted by atomic mass is 9.84. The van der Waals surface area contributed by atoms with Crippen LogP contribution in [0.5, 0.6) is 5.75 Å². The summed E-state index contributed by atoms with van der Waals surface area (Å²) in [5.74, 6) is -2.95. The van der Waals surface area contributed by atoms with Gasteiger partial charge in [0, 0.05) is 0 Å². The van der Waals surface area contributed by atoms with Crippen molar-refractivity contribution in [1.82, 2.24) is 0 Å². The quantitative estimate of drug-likeness (QED) is 0.816. The highest BCUT2D eigenvalue weighted by molar-refractivity contribution is 5.80. The fraction of sp³-hybridized carbons (Fsp3) is 0.462. The maximum atomic E-state index is 12.2. The number of nitrogen functional groups attached to an aromatic ring is 1. The molecule has 0 aliphatic rings. The van der Waals surface area contributed by atoms with Crippen LogP contribution in [0.4, 0.5) is 18.9 Å². The number of alkyl halides is 3. The normalized spacial score (nSPS) is 14.7. The lowest BCUT2D eigenvalue weighted by molar-refractivity contribution is -0.274. The standard InChI is InChI=1S/C13H16F3NO3/c1-3-7(2)10(12(18)19)8-5-4-6-9(11(8)17)20-13(14,15)16/h4-7,10H,3,17H2,1-2H3,(H,18,19). The average Bonchev–Trinajstić information content (AvgIpc) is 2.31. The zero-order chi connectivity index (χ0) is 15.5. The van der Waals surface area contributed by atoms with Crippen molar-refractivity contribution in [3.8, 4) is 5.75 Å². The first kappa shape index (κ1) is 16.1. The van der Waals surface area contributed by atoms with Gasteiger partial charge in [-0.3, -0.25) is 4.79 Å². The molecule has 3 N–H and O–H groups in total. The number of carboxylic acid groups (broad SMARTS) is 1. The van der Waals surface area contributed by atoms with Crippen LogP contribution < -0.4 is 10.5 Å². The summed E-state index contributed by atoms with van der Waals surface area (Å²) in [5.41, 5.74) is 5.47. The van der Waals surface area contributed by atoms with E-state index in [4.69, 9.17) is 5.73 Å². The molecule has 1 rings (SSSR count). The highest BCUT2D eigenvalue weighted by atomic mass is 19.4. The number of rotatable bonds is 5. The molecule has 0 saturated heterocycles. The van der Waals surface area contributed by atoms with Gasteiger partial charge in [0.25, 0.3) is 0 Å². The highest BCUT2D eigenvalue weighted by Gasteiger charge is 2.34. The second-order valence-corrected chi connectivity index (χ2v) is 4.51. The monoisotopic (exact) mass is 291 g/mol. The Bertz CT molecular complexity index is 488. The van der Waals surface area contributed by atoms with E-state index < -0.39 is 24.0 Å². The first-order valence-corrected chi connectivity index (χ1v) is 6.04. The minimum Gasteiger partial charge on any atom is -0.481 e. The molecule has 0 saturated carbocycles. The molecule has 0 radical (unpaired) electrons. The largest absolute Gasteiger partial charge is 0.573 e. The number of carboxylic acids is 1. The first-order chi connectivity index (χ1) is 9.17. The lowest BCUT2D eigenvalue weighted by Crippen LogP contribution is -2.22. The molecule has 1 aromatic carbocycles. The number of halogens is 3. The first-order valence-electron chi connectivity index (χ1n) is 6.04. The molecule has 0 spiro atoms. The molecule has 7 heteroatoms. The lowest BCUT2D eigenvalue weighted by Gasteiger charge is -2.22. The van der Waals surface area contributed by atoms with Crippen molar-refractivity contribution >= 4 is 11.7 Å². The summed E-state index contributed by atoms with van der Waals surface area (Å²) in [6.07, 6.45) is -4.32. The molecule has 4 nitrogen and oxygen atoms in total. The van der Waals surface area contributed by atoms with Gasteiger partial charge in [-0.2, -0.15) is 0 Å². The molecule has 0 fully saturated rings. The van der Waals surface area contributed by atoms with Crippen LogP contribution >= 0.6 is 0 Å². The Morgan fingerprint density at radius 2 is 2.05 bits per heavy atom. The van der Waals surface area contributed by atoms with Gasteiger partial charge in [0.1, 0.15) is 0 Å². The van der Waals surface area contributed by atoms with E-state index in [0.717, 1.165) is 6.07 Å². The van der Waals surface area contributed by atoms with Crippen molar-refractivity contribution in [2.75, 3.05) is 5.73 Å². The number of hydrogen-bond acceptors (Lipinski definition) is 3.